The van der Waals surface area contributed by atoms with E-state index in [1.54, 1.807) is 6.20 Å². The quantitative estimate of drug-likeness (QED) is 0.877. The van der Waals surface area contributed by atoms with Crippen LogP contribution in [-0.4, -0.2) is 29.2 Å². The molecule has 0 unspecified atom stereocenters. The Hall–Kier alpha value is -0.870. The molecule has 0 bridgehead atoms. The predicted molar refractivity (Wildman–Crippen MR) is 62.8 cm³/mol. The van der Waals surface area contributed by atoms with Crippen LogP contribution in [0, 0.1) is 0 Å². The van der Waals surface area contributed by atoms with Crippen LogP contribution >= 0.6 is 11.6 Å². The molecule has 0 spiro atoms. The van der Waals surface area contributed by atoms with Gasteiger partial charge >= 0.3 is 0 Å². The van der Waals surface area contributed by atoms with Gasteiger partial charge in [-0.3, -0.25) is 4.98 Å². The Bertz CT molecular complexity index is 329. The Morgan fingerprint density at radius 1 is 1.44 bits per heavy atom. The molecule has 4 nitrogen and oxygen atoms in total. The number of ether oxygens (including phenoxy) is 1. The van der Waals surface area contributed by atoms with E-state index in [1.807, 2.05) is 0 Å². The first kappa shape index (κ1) is 11.6. The standard InChI is InChI=1S/C11H16ClN3O/c12-10-7-13-8-11(15-10)16-6-4-9-3-1-2-5-14-9/h7-9,14H,1-6H2/t9-/m1/s1. The van der Waals surface area contributed by atoms with Gasteiger partial charge in [-0.2, -0.15) is 4.98 Å². The van der Waals surface area contributed by atoms with Gasteiger partial charge in [0, 0.05) is 6.04 Å². The molecule has 16 heavy (non-hydrogen) atoms. The lowest BCUT2D eigenvalue weighted by Crippen LogP contribution is -2.35. The first-order valence-electron chi connectivity index (χ1n) is 5.68. The third-order valence-electron chi connectivity index (χ3n) is 2.71. The van der Waals surface area contributed by atoms with Gasteiger partial charge in [0.15, 0.2) is 5.15 Å². The first-order valence-corrected chi connectivity index (χ1v) is 6.06. The lowest BCUT2D eigenvalue weighted by Gasteiger charge is -2.23. The second-order valence-electron chi connectivity index (χ2n) is 3.96. The normalized spacial score (nSPS) is 20.7. The number of hydrogen-bond donors (Lipinski definition) is 1. The third-order valence-corrected chi connectivity index (χ3v) is 2.89. The van der Waals surface area contributed by atoms with Gasteiger partial charge in [0.05, 0.1) is 19.0 Å². The Kier molecular flexibility index (Phi) is 4.36. The number of halogens is 1. The molecule has 2 heterocycles. The van der Waals surface area contributed by atoms with Crippen molar-refractivity contribution in [1.29, 1.82) is 0 Å². The molecule has 1 N–H and O–H groups in total. The summed E-state index contributed by atoms with van der Waals surface area (Å²) < 4.78 is 5.49. The van der Waals surface area contributed by atoms with Crippen LogP contribution in [-0.2, 0) is 0 Å². The topological polar surface area (TPSA) is 47.0 Å². The highest BCUT2D eigenvalue weighted by molar-refractivity contribution is 6.29. The van der Waals surface area contributed by atoms with Crippen molar-refractivity contribution in [2.24, 2.45) is 0 Å². The van der Waals surface area contributed by atoms with E-state index in [0.29, 0.717) is 23.7 Å². The molecule has 1 aromatic heterocycles. The number of nitrogens with one attached hydrogen (secondary N) is 1. The SMILES string of the molecule is Clc1cncc(OCC[C@H]2CCCCN2)n1. The van der Waals surface area contributed by atoms with Crippen molar-refractivity contribution in [1.82, 2.24) is 15.3 Å². The molecule has 1 atom stereocenters. The van der Waals surface area contributed by atoms with E-state index in [-0.39, 0.29) is 0 Å². The summed E-state index contributed by atoms with van der Waals surface area (Å²) >= 11 is 5.71. The summed E-state index contributed by atoms with van der Waals surface area (Å²) in [5.74, 6) is 0.503. The molecule has 1 aromatic rings. The van der Waals surface area contributed by atoms with Gasteiger partial charge in [-0.15, -0.1) is 0 Å². The molecule has 88 valence electrons. The molecule has 5 heteroatoms. The highest BCUT2D eigenvalue weighted by Gasteiger charge is 2.12. The second-order valence-corrected chi connectivity index (χ2v) is 4.35. The van der Waals surface area contributed by atoms with Gasteiger partial charge in [-0.05, 0) is 25.8 Å². The molecule has 2 rings (SSSR count). The molecule has 1 fully saturated rings. The maximum Gasteiger partial charge on any atom is 0.233 e. The zero-order valence-electron chi connectivity index (χ0n) is 9.16. The van der Waals surface area contributed by atoms with Crippen LogP contribution in [0.4, 0.5) is 0 Å². The molecule has 0 aliphatic carbocycles. The van der Waals surface area contributed by atoms with Crippen molar-refractivity contribution in [2.75, 3.05) is 13.2 Å². The van der Waals surface area contributed by atoms with E-state index in [2.05, 4.69) is 15.3 Å². The van der Waals surface area contributed by atoms with Crippen molar-refractivity contribution in [2.45, 2.75) is 31.7 Å². The lowest BCUT2D eigenvalue weighted by atomic mass is 10.0. The average molecular weight is 242 g/mol. The van der Waals surface area contributed by atoms with Gasteiger partial charge in [-0.25, -0.2) is 0 Å². The fraction of sp³-hybridized carbons (Fsp3) is 0.636. The monoisotopic (exact) mass is 241 g/mol. The summed E-state index contributed by atoms with van der Waals surface area (Å²) in [6, 6.07) is 0.584. The Balaban J connectivity index is 1.71. The molecule has 0 amide bonds. The second kappa shape index (κ2) is 6.01. The van der Waals surface area contributed by atoms with Crippen LogP contribution < -0.4 is 10.1 Å². The summed E-state index contributed by atoms with van der Waals surface area (Å²) in [6.45, 7) is 1.79. The fourth-order valence-corrected chi connectivity index (χ4v) is 2.01. The van der Waals surface area contributed by atoms with Crippen molar-refractivity contribution >= 4 is 11.6 Å². The minimum Gasteiger partial charge on any atom is -0.476 e. The smallest absolute Gasteiger partial charge is 0.233 e. The van der Waals surface area contributed by atoms with Crippen molar-refractivity contribution in [3.63, 3.8) is 0 Å². The van der Waals surface area contributed by atoms with Crippen molar-refractivity contribution in [3.05, 3.63) is 17.5 Å². The number of hydrogen-bond acceptors (Lipinski definition) is 4. The summed E-state index contributed by atoms with van der Waals surface area (Å²) in [5.41, 5.74) is 0. The van der Waals surface area contributed by atoms with Gasteiger partial charge in [-0.1, -0.05) is 18.0 Å². The Morgan fingerprint density at radius 2 is 2.38 bits per heavy atom. The number of nitrogens with zero attached hydrogens (tertiary/aromatic N) is 2. The molecule has 1 saturated heterocycles. The molecule has 1 aliphatic heterocycles. The van der Waals surface area contributed by atoms with Crippen LogP contribution in [0.2, 0.25) is 5.15 Å². The van der Waals surface area contributed by atoms with Gasteiger partial charge < -0.3 is 10.1 Å². The molecule has 0 aromatic carbocycles. The Labute approximate surface area is 100 Å². The van der Waals surface area contributed by atoms with Gasteiger partial charge in [0.1, 0.15) is 0 Å². The van der Waals surface area contributed by atoms with Crippen molar-refractivity contribution in [3.8, 4) is 5.88 Å². The summed E-state index contributed by atoms with van der Waals surface area (Å²) in [4.78, 5) is 7.93. The highest BCUT2D eigenvalue weighted by Crippen LogP contribution is 2.12. The summed E-state index contributed by atoms with van der Waals surface area (Å²) in [7, 11) is 0. The fourth-order valence-electron chi connectivity index (χ4n) is 1.87. The zero-order chi connectivity index (χ0) is 11.2. The van der Waals surface area contributed by atoms with Crippen LogP contribution in [0.15, 0.2) is 12.4 Å². The van der Waals surface area contributed by atoms with E-state index < -0.39 is 0 Å². The molecule has 0 saturated carbocycles. The van der Waals surface area contributed by atoms with Crippen LogP contribution in [0.5, 0.6) is 5.88 Å². The maximum absolute atomic E-state index is 5.71. The van der Waals surface area contributed by atoms with E-state index in [4.69, 9.17) is 16.3 Å². The number of piperidine rings is 1. The summed E-state index contributed by atoms with van der Waals surface area (Å²) in [6.07, 6.45) is 7.93. The number of aromatic nitrogens is 2. The van der Waals surface area contributed by atoms with Crippen LogP contribution in [0.3, 0.4) is 0 Å². The predicted octanol–water partition coefficient (Wildman–Crippen LogP) is 2.04. The molecule has 0 radical (unpaired) electrons. The largest absolute Gasteiger partial charge is 0.476 e. The maximum atomic E-state index is 5.71. The van der Waals surface area contributed by atoms with E-state index in [9.17, 15) is 0 Å². The van der Waals surface area contributed by atoms with Gasteiger partial charge in [0.25, 0.3) is 0 Å². The zero-order valence-corrected chi connectivity index (χ0v) is 9.91. The average Bonchev–Trinajstić information content (AvgIpc) is 2.30. The lowest BCUT2D eigenvalue weighted by molar-refractivity contribution is 0.260. The molecule has 1 aliphatic rings. The highest BCUT2D eigenvalue weighted by atomic mass is 35.5. The van der Waals surface area contributed by atoms with Crippen LogP contribution in [0.1, 0.15) is 25.7 Å². The van der Waals surface area contributed by atoms with Crippen molar-refractivity contribution < 1.29 is 4.74 Å². The van der Waals surface area contributed by atoms with E-state index in [0.717, 1.165) is 13.0 Å². The summed E-state index contributed by atoms with van der Waals surface area (Å²) in [5, 5.41) is 3.84. The molecular weight excluding hydrogens is 226 g/mol. The van der Waals surface area contributed by atoms with E-state index in [1.165, 1.54) is 25.5 Å². The Morgan fingerprint density at radius 3 is 3.12 bits per heavy atom. The molecular formula is C11H16ClN3O. The minimum absolute atomic E-state index is 0.369. The third kappa shape index (κ3) is 3.61. The number of rotatable bonds is 4. The first-order chi connectivity index (χ1) is 7.84. The van der Waals surface area contributed by atoms with E-state index >= 15 is 0 Å². The van der Waals surface area contributed by atoms with Crippen LogP contribution in [0.25, 0.3) is 0 Å². The minimum atomic E-state index is 0.369. The van der Waals surface area contributed by atoms with Gasteiger partial charge in [0.2, 0.25) is 5.88 Å².